The van der Waals surface area contributed by atoms with Gasteiger partial charge in [-0.15, -0.1) is 0 Å². The molecule has 0 rings (SSSR count). The fraction of sp³-hybridized carbons (Fsp3) is 0.908. The molecular weight excluding hydrogens is 952 g/mol. The summed E-state index contributed by atoms with van der Waals surface area (Å²) in [5, 5.41) is 3.07. The van der Waals surface area contributed by atoms with Crippen molar-refractivity contribution < 1.29 is 37.3 Å². The Hall–Kier alpha value is -1.51. The Morgan fingerprint density at radius 3 is 1.13 bits per heavy atom. The third-order valence-corrected chi connectivity index (χ3v) is 15.9. The zero-order chi connectivity index (χ0) is 55.0. The van der Waals surface area contributed by atoms with Crippen LogP contribution in [0, 0.1) is 0 Å². The number of nitrogens with zero attached hydrogens (tertiary/aromatic N) is 1. The van der Waals surface area contributed by atoms with Crippen molar-refractivity contribution >= 4 is 19.7 Å². The maximum atomic E-state index is 13.6. The summed E-state index contributed by atoms with van der Waals surface area (Å²) in [6.07, 6.45) is 66.0. The largest absolute Gasteiger partial charge is 0.472 e. The van der Waals surface area contributed by atoms with E-state index >= 15 is 0 Å². The molecule has 0 fully saturated rings. The first kappa shape index (κ1) is 73.5. The Morgan fingerprint density at radius 1 is 0.453 bits per heavy atom. The number of carbonyl (C=O) groups is 2. The van der Waals surface area contributed by atoms with Crippen LogP contribution in [0.1, 0.15) is 329 Å². The van der Waals surface area contributed by atoms with E-state index < -0.39 is 20.0 Å². The SMILES string of the molecule is CCCCCCCC/C=C/CCCCCCCCCCCC(=O)OC(/C=C/CCCCCCCCCCC)C(COP(=O)(O)OCC[N+](C)(C)C)NC(=O)CCCCCCCCCCCCCCCCCCCCC. The second kappa shape index (κ2) is 55.8. The quantitative estimate of drug-likeness (QED) is 0.0205. The molecule has 0 aliphatic heterocycles. The van der Waals surface area contributed by atoms with Crippen LogP contribution in [0.15, 0.2) is 24.3 Å². The summed E-state index contributed by atoms with van der Waals surface area (Å²) in [4.78, 5) is 37.7. The number of esters is 1. The second-order valence-electron chi connectivity index (χ2n) is 23.6. The molecule has 0 radical (unpaired) electrons. The van der Waals surface area contributed by atoms with Crippen LogP contribution < -0.4 is 5.32 Å². The number of rotatable bonds is 60. The Balaban J connectivity index is 5.13. The molecule has 444 valence electrons. The summed E-state index contributed by atoms with van der Waals surface area (Å²) >= 11 is 0. The van der Waals surface area contributed by atoms with Gasteiger partial charge in [-0.25, -0.2) is 4.57 Å². The van der Waals surface area contributed by atoms with Crippen molar-refractivity contribution in [3.63, 3.8) is 0 Å². The maximum Gasteiger partial charge on any atom is 0.472 e. The Bertz CT molecular complexity index is 1340. The number of nitrogens with one attached hydrogen (secondary N) is 1. The highest BCUT2D eigenvalue weighted by atomic mass is 31.2. The number of unbranched alkanes of at least 4 members (excludes halogenated alkanes) is 42. The van der Waals surface area contributed by atoms with Crippen molar-refractivity contribution in [2.45, 2.75) is 341 Å². The maximum absolute atomic E-state index is 13.6. The van der Waals surface area contributed by atoms with E-state index in [9.17, 15) is 19.0 Å². The van der Waals surface area contributed by atoms with Crippen LogP contribution in [-0.4, -0.2) is 74.3 Å². The molecule has 0 aromatic rings. The first-order chi connectivity index (χ1) is 36.4. The molecule has 3 unspecified atom stereocenters. The molecule has 0 heterocycles. The van der Waals surface area contributed by atoms with Crippen LogP contribution in [0.2, 0.25) is 0 Å². The lowest BCUT2D eigenvalue weighted by atomic mass is 10.0. The lowest BCUT2D eigenvalue weighted by molar-refractivity contribution is -0.870. The lowest BCUT2D eigenvalue weighted by Crippen LogP contribution is -2.47. The van der Waals surface area contributed by atoms with E-state index in [-0.39, 0.29) is 25.1 Å². The predicted octanol–water partition coefficient (Wildman–Crippen LogP) is 20.1. The summed E-state index contributed by atoms with van der Waals surface area (Å²) in [6, 6.07) is -0.843. The molecule has 9 nitrogen and oxygen atoms in total. The minimum absolute atomic E-state index is 0.0437. The number of hydrogen-bond acceptors (Lipinski definition) is 6. The van der Waals surface area contributed by atoms with E-state index in [4.69, 9.17) is 13.8 Å². The third-order valence-electron chi connectivity index (χ3n) is 14.9. The average Bonchev–Trinajstić information content (AvgIpc) is 3.37. The average molecular weight is 1080 g/mol. The highest BCUT2D eigenvalue weighted by molar-refractivity contribution is 7.47. The van der Waals surface area contributed by atoms with Crippen molar-refractivity contribution in [3.05, 3.63) is 24.3 Å². The molecule has 0 aromatic carbocycles. The van der Waals surface area contributed by atoms with Gasteiger partial charge in [0.15, 0.2) is 0 Å². The zero-order valence-electron chi connectivity index (χ0n) is 50.8. The number of quaternary nitrogens is 1. The minimum atomic E-state index is -4.44. The summed E-state index contributed by atoms with van der Waals surface area (Å²) in [6.45, 7) is 7.05. The van der Waals surface area contributed by atoms with Gasteiger partial charge in [-0.1, -0.05) is 283 Å². The van der Waals surface area contributed by atoms with Gasteiger partial charge in [0.25, 0.3) is 0 Å². The molecule has 0 aliphatic carbocycles. The molecule has 0 aliphatic rings. The van der Waals surface area contributed by atoms with Gasteiger partial charge in [0, 0.05) is 12.8 Å². The van der Waals surface area contributed by atoms with E-state index in [2.05, 4.69) is 38.2 Å². The lowest BCUT2D eigenvalue weighted by Gasteiger charge is -2.27. The highest BCUT2D eigenvalue weighted by Gasteiger charge is 2.30. The van der Waals surface area contributed by atoms with E-state index in [0.29, 0.717) is 23.9 Å². The number of phosphoric acid groups is 1. The van der Waals surface area contributed by atoms with Gasteiger partial charge in [0.05, 0.1) is 33.8 Å². The molecule has 75 heavy (non-hydrogen) atoms. The normalized spacial score (nSPS) is 13.7. The third kappa shape index (κ3) is 57.0. The van der Waals surface area contributed by atoms with Crippen LogP contribution in [0.4, 0.5) is 0 Å². The van der Waals surface area contributed by atoms with Crippen molar-refractivity contribution in [2.24, 2.45) is 0 Å². The zero-order valence-corrected chi connectivity index (χ0v) is 51.7. The van der Waals surface area contributed by atoms with Gasteiger partial charge in [0.1, 0.15) is 19.3 Å². The van der Waals surface area contributed by atoms with Gasteiger partial charge in [0.2, 0.25) is 5.91 Å². The molecule has 2 N–H and O–H groups in total. The number of amides is 1. The number of hydrogen-bond donors (Lipinski definition) is 2. The van der Waals surface area contributed by atoms with E-state index in [1.54, 1.807) is 0 Å². The number of allylic oxidation sites excluding steroid dienone is 3. The molecule has 0 saturated carbocycles. The molecule has 1 amide bonds. The molecule has 0 aromatic heterocycles. The van der Waals surface area contributed by atoms with Gasteiger partial charge >= 0.3 is 13.8 Å². The van der Waals surface area contributed by atoms with Crippen LogP contribution in [0.3, 0.4) is 0 Å². The summed E-state index contributed by atoms with van der Waals surface area (Å²) in [7, 11) is 1.51. The second-order valence-corrected chi connectivity index (χ2v) is 25.1. The molecule has 0 saturated heterocycles. The Kier molecular flexibility index (Phi) is 54.7. The van der Waals surface area contributed by atoms with Gasteiger partial charge < -0.3 is 19.4 Å². The topological polar surface area (TPSA) is 111 Å². The van der Waals surface area contributed by atoms with Crippen molar-refractivity contribution in [3.8, 4) is 0 Å². The monoisotopic (exact) mass is 1080 g/mol. The van der Waals surface area contributed by atoms with Gasteiger partial charge in [-0.3, -0.25) is 18.6 Å². The first-order valence-electron chi connectivity index (χ1n) is 32.7. The standard InChI is InChI=1S/C65H127N2O7P/c1-7-10-13-16-19-22-25-27-29-31-33-35-37-39-42-45-48-51-54-57-64(68)66-62(61-73-75(70,71)72-60-59-67(4,5)6)63(56-53-50-47-44-41-24-21-18-15-12-9-3)74-65(69)58-55-52-49-46-43-40-38-36-34-32-30-28-26-23-20-17-14-11-8-2/h28,30,53,56,62-63H,7-27,29,31-52,54-55,57-61H2,1-6H3,(H-,66,68,70,71)/p+1/b30-28+,56-53+. The van der Waals surface area contributed by atoms with Gasteiger partial charge in [-0.05, 0) is 57.4 Å². The van der Waals surface area contributed by atoms with Crippen molar-refractivity contribution in [1.82, 2.24) is 5.32 Å². The molecular formula is C65H128N2O7P+. The summed E-state index contributed by atoms with van der Waals surface area (Å²) in [5.74, 6) is -0.489. The fourth-order valence-corrected chi connectivity index (χ4v) is 10.6. The Labute approximate surface area is 466 Å². The minimum Gasteiger partial charge on any atom is -0.456 e. The van der Waals surface area contributed by atoms with Crippen LogP contribution in [0.25, 0.3) is 0 Å². The summed E-state index contributed by atoms with van der Waals surface area (Å²) in [5.41, 5.74) is 0. The number of ether oxygens (including phenoxy) is 1. The van der Waals surface area contributed by atoms with Crippen LogP contribution in [-0.2, 0) is 27.9 Å². The molecule has 10 heteroatoms. The number of carbonyl (C=O) groups excluding carboxylic acids is 2. The molecule has 0 bridgehead atoms. The van der Waals surface area contributed by atoms with E-state index in [1.165, 1.54) is 238 Å². The molecule has 0 spiro atoms. The van der Waals surface area contributed by atoms with Crippen LogP contribution >= 0.6 is 7.82 Å². The Morgan fingerprint density at radius 2 is 0.773 bits per heavy atom. The van der Waals surface area contributed by atoms with Crippen LogP contribution in [0.5, 0.6) is 0 Å². The number of likely N-dealkylation sites (N-methyl/N-ethyl adjacent to an activating group) is 1. The van der Waals surface area contributed by atoms with Gasteiger partial charge in [-0.2, -0.15) is 0 Å². The molecule has 3 atom stereocenters. The van der Waals surface area contributed by atoms with Crippen molar-refractivity contribution in [1.29, 1.82) is 0 Å². The number of phosphoric ester groups is 1. The van der Waals surface area contributed by atoms with E-state index in [1.807, 2.05) is 33.3 Å². The first-order valence-corrected chi connectivity index (χ1v) is 34.2. The fourth-order valence-electron chi connectivity index (χ4n) is 9.82. The van der Waals surface area contributed by atoms with E-state index in [0.717, 1.165) is 57.8 Å². The highest BCUT2D eigenvalue weighted by Crippen LogP contribution is 2.43. The van der Waals surface area contributed by atoms with Crippen molar-refractivity contribution in [2.75, 3.05) is 40.9 Å². The predicted molar refractivity (Wildman–Crippen MR) is 323 cm³/mol. The smallest absolute Gasteiger partial charge is 0.456 e. The summed E-state index contributed by atoms with van der Waals surface area (Å²) < 4.78 is 30.7.